The smallest absolute Gasteiger partial charge is 0.282 e. The second-order valence-corrected chi connectivity index (χ2v) is 10.4. The average molecular weight is 446 g/mol. The molecule has 2 fully saturated rings. The van der Waals surface area contributed by atoms with Gasteiger partial charge in [-0.15, -0.1) is 0 Å². The Morgan fingerprint density at radius 1 is 1.03 bits per heavy atom. The second-order valence-electron chi connectivity index (χ2n) is 8.43. The van der Waals surface area contributed by atoms with Gasteiger partial charge in [-0.25, -0.2) is 4.68 Å². The van der Waals surface area contributed by atoms with Crippen LogP contribution in [0.1, 0.15) is 48.3 Å². The van der Waals surface area contributed by atoms with Gasteiger partial charge >= 0.3 is 0 Å². The van der Waals surface area contributed by atoms with Gasteiger partial charge in [0.25, 0.3) is 16.1 Å². The molecule has 1 saturated carbocycles. The fourth-order valence-electron chi connectivity index (χ4n) is 4.51. The normalized spacial score (nSPS) is 19.1. The highest BCUT2D eigenvalue weighted by molar-refractivity contribution is 7.86. The van der Waals surface area contributed by atoms with Gasteiger partial charge in [-0.2, -0.15) is 22.1 Å². The minimum absolute atomic E-state index is 0.0864. The van der Waals surface area contributed by atoms with Crippen molar-refractivity contribution in [2.45, 2.75) is 45.1 Å². The van der Waals surface area contributed by atoms with Crippen LogP contribution in [-0.4, -0.2) is 76.9 Å². The summed E-state index contributed by atoms with van der Waals surface area (Å²) in [5.41, 5.74) is 2.17. The van der Waals surface area contributed by atoms with Gasteiger partial charge < -0.3 is 4.90 Å². The predicted octanol–water partition coefficient (Wildman–Crippen LogP) is 2.45. The fourth-order valence-corrected chi connectivity index (χ4v) is 6.09. The number of carbonyl (C=O) groups is 1. The van der Waals surface area contributed by atoms with Crippen LogP contribution in [-0.2, 0) is 10.2 Å². The zero-order valence-electron chi connectivity index (χ0n) is 18.3. The molecule has 2 heterocycles. The molecule has 0 unspecified atom stereocenters. The maximum Gasteiger partial charge on any atom is 0.282 e. The number of hydrogen-bond acceptors (Lipinski definition) is 4. The lowest BCUT2D eigenvalue weighted by molar-refractivity contribution is 0.0686. The van der Waals surface area contributed by atoms with Gasteiger partial charge in [0.15, 0.2) is 5.69 Å². The van der Waals surface area contributed by atoms with Crippen LogP contribution in [0.5, 0.6) is 0 Å². The average Bonchev–Trinajstić information content (AvgIpc) is 3.21. The standard InChI is InChI=1S/C22H31N5O3S/c1-18-17-21(23-27(18)20-11-7-4-8-12-20)22(28)25-13-15-26(16-14-25)31(29,30)24(2)19-9-5-3-6-10-19/h4,7-8,11-12,17,19H,3,5-6,9-10,13-16H2,1-2H3. The van der Waals surface area contributed by atoms with E-state index < -0.39 is 10.2 Å². The lowest BCUT2D eigenvalue weighted by Gasteiger charge is -2.38. The fraction of sp³-hybridized carbons (Fsp3) is 0.545. The zero-order chi connectivity index (χ0) is 22.0. The summed E-state index contributed by atoms with van der Waals surface area (Å²) >= 11 is 0. The van der Waals surface area contributed by atoms with E-state index in [1.54, 1.807) is 27.0 Å². The minimum atomic E-state index is -3.51. The Hall–Kier alpha value is -2.23. The number of rotatable bonds is 5. The molecule has 0 N–H and O–H groups in total. The zero-order valence-corrected chi connectivity index (χ0v) is 19.1. The monoisotopic (exact) mass is 445 g/mol. The van der Waals surface area contributed by atoms with E-state index in [1.165, 1.54) is 10.7 Å². The number of piperazine rings is 1. The Balaban J connectivity index is 1.40. The molecule has 1 aromatic heterocycles. The van der Waals surface area contributed by atoms with E-state index in [1.807, 2.05) is 37.3 Å². The van der Waals surface area contributed by atoms with Crippen LogP contribution in [0.25, 0.3) is 5.69 Å². The largest absolute Gasteiger partial charge is 0.335 e. The first-order valence-electron chi connectivity index (χ1n) is 11.0. The van der Waals surface area contributed by atoms with Crippen LogP contribution in [0.2, 0.25) is 0 Å². The molecule has 9 heteroatoms. The maximum atomic E-state index is 13.1. The molecule has 1 amide bonds. The van der Waals surface area contributed by atoms with Crippen molar-refractivity contribution in [1.29, 1.82) is 0 Å². The van der Waals surface area contributed by atoms with Crippen LogP contribution < -0.4 is 0 Å². The highest BCUT2D eigenvalue weighted by Gasteiger charge is 2.35. The molecule has 0 spiro atoms. The van der Waals surface area contributed by atoms with Gasteiger partial charge in [-0.05, 0) is 38.0 Å². The molecule has 31 heavy (non-hydrogen) atoms. The SMILES string of the molecule is Cc1cc(C(=O)N2CCN(S(=O)(=O)N(C)C3CCCCC3)CC2)nn1-c1ccccc1. The van der Waals surface area contributed by atoms with E-state index in [0.29, 0.717) is 31.9 Å². The van der Waals surface area contributed by atoms with Crippen molar-refractivity contribution < 1.29 is 13.2 Å². The van der Waals surface area contributed by atoms with Crippen molar-refractivity contribution in [1.82, 2.24) is 23.3 Å². The quantitative estimate of drug-likeness (QED) is 0.708. The summed E-state index contributed by atoms with van der Waals surface area (Å²) < 4.78 is 31.0. The number of amides is 1. The van der Waals surface area contributed by atoms with Gasteiger partial charge in [0.2, 0.25) is 0 Å². The summed E-state index contributed by atoms with van der Waals surface area (Å²) in [5.74, 6) is -0.157. The topological polar surface area (TPSA) is 78.8 Å². The first kappa shape index (κ1) is 22.0. The summed E-state index contributed by atoms with van der Waals surface area (Å²) in [4.78, 5) is 14.7. The van der Waals surface area contributed by atoms with Crippen molar-refractivity contribution in [3.05, 3.63) is 47.8 Å². The van der Waals surface area contributed by atoms with Gasteiger partial charge in [-0.1, -0.05) is 37.5 Å². The molecule has 4 rings (SSSR count). The van der Waals surface area contributed by atoms with E-state index in [2.05, 4.69) is 5.10 Å². The van der Waals surface area contributed by atoms with Crippen molar-refractivity contribution in [3.63, 3.8) is 0 Å². The summed E-state index contributed by atoms with van der Waals surface area (Å²) in [6.45, 7) is 3.27. The number of aryl methyl sites for hydroxylation is 1. The van der Waals surface area contributed by atoms with Gasteiger partial charge in [0.1, 0.15) is 0 Å². The van der Waals surface area contributed by atoms with E-state index in [4.69, 9.17) is 0 Å². The molecule has 168 valence electrons. The van der Waals surface area contributed by atoms with Crippen molar-refractivity contribution >= 4 is 16.1 Å². The third-order valence-electron chi connectivity index (χ3n) is 6.41. The van der Waals surface area contributed by atoms with E-state index >= 15 is 0 Å². The molecule has 1 aromatic carbocycles. The lowest BCUT2D eigenvalue weighted by Crippen LogP contribution is -2.55. The molecule has 1 aliphatic carbocycles. The van der Waals surface area contributed by atoms with Gasteiger partial charge in [0, 0.05) is 45.0 Å². The van der Waals surface area contributed by atoms with Crippen LogP contribution in [0.4, 0.5) is 0 Å². The highest BCUT2D eigenvalue weighted by atomic mass is 32.2. The Morgan fingerprint density at radius 3 is 2.32 bits per heavy atom. The Morgan fingerprint density at radius 2 is 1.68 bits per heavy atom. The first-order valence-corrected chi connectivity index (χ1v) is 12.4. The Bertz CT molecular complexity index is 1010. The Kier molecular flexibility index (Phi) is 6.45. The minimum Gasteiger partial charge on any atom is -0.335 e. The summed E-state index contributed by atoms with van der Waals surface area (Å²) in [5, 5.41) is 4.50. The Labute approximate surface area is 184 Å². The number of nitrogens with zero attached hydrogens (tertiary/aromatic N) is 5. The summed E-state index contributed by atoms with van der Waals surface area (Å²) in [7, 11) is -1.81. The predicted molar refractivity (Wildman–Crippen MR) is 119 cm³/mol. The number of para-hydroxylation sites is 1. The number of hydrogen-bond donors (Lipinski definition) is 0. The molecular weight excluding hydrogens is 414 g/mol. The lowest BCUT2D eigenvalue weighted by atomic mass is 9.96. The summed E-state index contributed by atoms with van der Waals surface area (Å²) in [6, 6.07) is 11.6. The molecule has 2 aromatic rings. The maximum absolute atomic E-state index is 13.1. The van der Waals surface area contributed by atoms with E-state index in [-0.39, 0.29) is 11.9 Å². The first-order chi connectivity index (χ1) is 14.9. The van der Waals surface area contributed by atoms with Crippen LogP contribution in [0, 0.1) is 6.92 Å². The second kappa shape index (κ2) is 9.10. The molecule has 8 nitrogen and oxygen atoms in total. The number of aromatic nitrogens is 2. The van der Waals surface area contributed by atoms with Gasteiger partial charge in [-0.3, -0.25) is 4.79 Å². The highest BCUT2D eigenvalue weighted by Crippen LogP contribution is 2.25. The molecule has 2 aliphatic rings. The molecule has 0 bridgehead atoms. The third-order valence-corrected chi connectivity index (χ3v) is 8.46. The molecule has 1 saturated heterocycles. The molecular formula is C22H31N5O3S. The van der Waals surface area contributed by atoms with Gasteiger partial charge in [0.05, 0.1) is 5.69 Å². The van der Waals surface area contributed by atoms with Crippen molar-refractivity contribution in [2.24, 2.45) is 0 Å². The number of carbonyl (C=O) groups excluding carboxylic acids is 1. The molecule has 1 aliphatic heterocycles. The van der Waals surface area contributed by atoms with Crippen LogP contribution in [0.15, 0.2) is 36.4 Å². The van der Waals surface area contributed by atoms with E-state index in [9.17, 15) is 13.2 Å². The molecule has 0 radical (unpaired) electrons. The van der Waals surface area contributed by atoms with Crippen molar-refractivity contribution in [3.8, 4) is 5.69 Å². The summed E-state index contributed by atoms with van der Waals surface area (Å²) in [6.07, 6.45) is 5.21. The molecule has 0 atom stereocenters. The van der Waals surface area contributed by atoms with Crippen LogP contribution in [0.3, 0.4) is 0 Å². The van der Waals surface area contributed by atoms with Crippen molar-refractivity contribution in [2.75, 3.05) is 33.2 Å². The van der Waals surface area contributed by atoms with Crippen LogP contribution >= 0.6 is 0 Å². The third kappa shape index (κ3) is 4.53. The number of benzene rings is 1. The van der Waals surface area contributed by atoms with E-state index in [0.717, 1.165) is 37.1 Å².